The van der Waals surface area contributed by atoms with Crippen LogP contribution in [-0.4, -0.2) is 60.4 Å². The molecule has 0 saturated carbocycles. The predicted octanol–water partition coefficient (Wildman–Crippen LogP) is 7.45. The van der Waals surface area contributed by atoms with Gasteiger partial charge in [0.25, 0.3) is 0 Å². The van der Waals surface area contributed by atoms with Gasteiger partial charge in [-0.25, -0.2) is 9.18 Å². The third-order valence-corrected chi connectivity index (χ3v) is 8.05. The normalized spacial score (nSPS) is 15.8. The van der Waals surface area contributed by atoms with Crippen LogP contribution in [0.5, 0.6) is 5.75 Å². The van der Waals surface area contributed by atoms with Gasteiger partial charge in [0.05, 0.1) is 23.6 Å². The number of hydrogen-bond donors (Lipinski definition) is 1. The SMILES string of the molecule is Cc1nc(CN(C)C)c(-c2ccc(OCCc3ccc(F)cc3)cc2)c(N2CCC(C)(C)CC2)c1[C@H](OC(C)(C)C)C(=O)O. The summed E-state index contributed by atoms with van der Waals surface area (Å²) < 4.78 is 25.5. The molecule has 0 spiro atoms. The topological polar surface area (TPSA) is 75.1 Å². The number of halogens is 1. The molecule has 1 aliphatic rings. The number of aliphatic carboxylic acids is 1. The van der Waals surface area contributed by atoms with Gasteiger partial charge in [0, 0.05) is 42.9 Å². The monoisotopic (exact) mass is 605 g/mol. The third kappa shape index (κ3) is 8.57. The quantitative estimate of drug-likeness (QED) is 0.243. The van der Waals surface area contributed by atoms with Crippen LogP contribution in [0.3, 0.4) is 0 Å². The molecule has 238 valence electrons. The van der Waals surface area contributed by atoms with Gasteiger partial charge in [-0.05, 0) is 95.4 Å². The molecule has 1 aliphatic heterocycles. The van der Waals surface area contributed by atoms with Crippen molar-refractivity contribution in [3.63, 3.8) is 0 Å². The summed E-state index contributed by atoms with van der Waals surface area (Å²) >= 11 is 0. The Kier molecular flexibility index (Phi) is 10.4. The zero-order valence-corrected chi connectivity index (χ0v) is 27.5. The summed E-state index contributed by atoms with van der Waals surface area (Å²) in [5, 5.41) is 10.5. The second-order valence-electron chi connectivity index (χ2n) is 13.9. The first-order chi connectivity index (χ1) is 20.6. The number of ether oxygens (including phenoxy) is 2. The van der Waals surface area contributed by atoms with Gasteiger partial charge in [0.15, 0.2) is 6.10 Å². The van der Waals surface area contributed by atoms with E-state index in [4.69, 9.17) is 14.5 Å². The van der Waals surface area contributed by atoms with Crippen LogP contribution in [0.15, 0.2) is 48.5 Å². The first-order valence-electron chi connectivity index (χ1n) is 15.4. The highest BCUT2D eigenvalue weighted by Crippen LogP contribution is 2.45. The number of anilines is 1. The van der Waals surface area contributed by atoms with Gasteiger partial charge < -0.3 is 24.4 Å². The highest BCUT2D eigenvalue weighted by Gasteiger charge is 2.37. The van der Waals surface area contributed by atoms with E-state index in [9.17, 15) is 14.3 Å². The first kappa shape index (κ1) is 33.4. The lowest BCUT2D eigenvalue weighted by Crippen LogP contribution is -2.39. The van der Waals surface area contributed by atoms with Crippen molar-refractivity contribution < 1.29 is 23.8 Å². The number of aryl methyl sites for hydroxylation is 1. The molecule has 1 fully saturated rings. The minimum Gasteiger partial charge on any atom is -0.493 e. The Morgan fingerprint density at radius 3 is 2.23 bits per heavy atom. The molecule has 8 heteroatoms. The van der Waals surface area contributed by atoms with Crippen molar-refractivity contribution >= 4 is 11.7 Å². The zero-order valence-electron chi connectivity index (χ0n) is 27.5. The largest absolute Gasteiger partial charge is 0.493 e. The molecule has 0 bridgehead atoms. The number of carbonyl (C=O) groups is 1. The number of hydrogen-bond acceptors (Lipinski definition) is 6. The predicted molar refractivity (Wildman–Crippen MR) is 174 cm³/mol. The number of aromatic nitrogens is 1. The Morgan fingerprint density at radius 1 is 1.07 bits per heavy atom. The summed E-state index contributed by atoms with van der Waals surface area (Å²) in [4.78, 5) is 22.3. The standard InChI is InChI=1S/C36H48FN3O4/c1-24-30(33(34(41)42)44-35(2,3)4)32(40-20-18-36(5,6)19-21-40)31(29(38-24)23-39(7)8)26-11-15-28(16-12-26)43-22-17-25-9-13-27(37)14-10-25/h9-16,33H,17-23H2,1-8H3,(H,41,42)/t33-/m0/s1. The summed E-state index contributed by atoms with van der Waals surface area (Å²) in [6.45, 7) is 14.8. The second kappa shape index (κ2) is 13.7. The molecule has 0 aliphatic carbocycles. The van der Waals surface area contributed by atoms with Crippen LogP contribution in [0.1, 0.15) is 76.1 Å². The number of pyridine rings is 1. The van der Waals surface area contributed by atoms with Crippen molar-refractivity contribution in [3.05, 3.63) is 76.9 Å². The molecule has 1 atom stereocenters. The van der Waals surface area contributed by atoms with Crippen molar-refractivity contribution in [2.75, 3.05) is 38.7 Å². The van der Waals surface area contributed by atoms with E-state index < -0.39 is 17.7 Å². The molecule has 3 aromatic rings. The molecule has 4 rings (SSSR count). The lowest BCUT2D eigenvalue weighted by atomic mass is 9.81. The van der Waals surface area contributed by atoms with Crippen molar-refractivity contribution in [2.45, 2.75) is 79.1 Å². The second-order valence-corrected chi connectivity index (χ2v) is 13.9. The van der Waals surface area contributed by atoms with Crippen molar-refractivity contribution in [1.82, 2.24) is 9.88 Å². The average molecular weight is 606 g/mol. The molecule has 44 heavy (non-hydrogen) atoms. The van der Waals surface area contributed by atoms with Crippen LogP contribution in [0, 0.1) is 18.2 Å². The van der Waals surface area contributed by atoms with E-state index in [0.29, 0.717) is 30.8 Å². The van der Waals surface area contributed by atoms with E-state index in [1.165, 1.54) is 12.1 Å². The lowest BCUT2D eigenvalue weighted by molar-refractivity contribution is -0.160. The van der Waals surface area contributed by atoms with E-state index in [1.807, 2.05) is 66.1 Å². The summed E-state index contributed by atoms with van der Waals surface area (Å²) in [6, 6.07) is 14.4. The van der Waals surface area contributed by atoms with Crippen LogP contribution in [0.4, 0.5) is 10.1 Å². The summed E-state index contributed by atoms with van der Waals surface area (Å²) in [7, 11) is 4.03. The van der Waals surface area contributed by atoms with Crippen LogP contribution in [0.2, 0.25) is 0 Å². The fourth-order valence-corrected chi connectivity index (χ4v) is 5.70. The molecule has 2 aromatic carbocycles. The molecule has 2 heterocycles. The molecule has 7 nitrogen and oxygen atoms in total. The summed E-state index contributed by atoms with van der Waals surface area (Å²) in [5.74, 6) is -0.550. The van der Waals surface area contributed by atoms with Crippen LogP contribution in [-0.2, 0) is 22.5 Å². The van der Waals surface area contributed by atoms with E-state index in [0.717, 1.165) is 59.8 Å². The molecule has 1 saturated heterocycles. The molecule has 0 unspecified atom stereocenters. The first-order valence-corrected chi connectivity index (χ1v) is 15.4. The molecule has 1 N–H and O–H groups in total. The van der Waals surface area contributed by atoms with Crippen molar-refractivity contribution in [1.29, 1.82) is 0 Å². The van der Waals surface area contributed by atoms with Gasteiger partial charge in [0.1, 0.15) is 11.6 Å². The number of carboxylic acid groups (broad SMARTS) is 1. The van der Waals surface area contributed by atoms with Gasteiger partial charge in [-0.1, -0.05) is 38.1 Å². The number of piperidine rings is 1. The summed E-state index contributed by atoms with van der Waals surface area (Å²) in [5.41, 5.74) is 5.49. The number of nitrogens with zero attached hydrogens (tertiary/aromatic N) is 3. The Bertz CT molecular complexity index is 1420. The third-order valence-electron chi connectivity index (χ3n) is 8.05. The Hall–Kier alpha value is -3.49. The summed E-state index contributed by atoms with van der Waals surface area (Å²) in [6.07, 6.45) is 1.48. The van der Waals surface area contributed by atoms with E-state index in [1.54, 1.807) is 12.1 Å². The maximum absolute atomic E-state index is 13.3. The Morgan fingerprint density at radius 2 is 1.68 bits per heavy atom. The highest BCUT2D eigenvalue weighted by molar-refractivity contribution is 5.88. The van der Waals surface area contributed by atoms with Gasteiger partial charge in [-0.2, -0.15) is 0 Å². The van der Waals surface area contributed by atoms with Crippen LogP contribution in [0.25, 0.3) is 11.1 Å². The molecular weight excluding hydrogens is 557 g/mol. The maximum atomic E-state index is 13.3. The van der Waals surface area contributed by atoms with Crippen LogP contribution < -0.4 is 9.64 Å². The molecular formula is C36H48FN3O4. The Balaban J connectivity index is 1.80. The molecule has 0 radical (unpaired) electrons. The van der Waals surface area contributed by atoms with E-state index in [-0.39, 0.29) is 11.2 Å². The van der Waals surface area contributed by atoms with Crippen LogP contribution >= 0.6 is 0 Å². The van der Waals surface area contributed by atoms with Gasteiger partial charge >= 0.3 is 5.97 Å². The number of benzene rings is 2. The van der Waals surface area contributed by atoms with E-state index in [2.05, 4.69) is 23.6 Å². The fraction of sp³-hybridized carbons (Fsp3) is 0.500. The van der Waals surface area contributed by atoms with Gasteiger partial charge in [-0.3, -0.25) is 4.98 Å². The minimum absolute atomic E-state index is 0.215. The van der Waals surface area contributed by atoms with E-state index >= 15 is 0 Å². The number of rotatable bonds is 11. The highest BCUT2D eigenvalue weighted by atomic mass is 19.1. The van der Waals surface area contributed by atoms with Gasteiger partial charge in [-0.15, -0.1) is 0 Å². The minimum atomic E-state index is -1.17. The average Bonchev–Trinajstić information content (AvgIpc) is 2.92. The molecule has 0 amide bonds. The Labute approximate surface area is 262 Å². The zero-order chi connectivity index (χ0) is 32.2. The van der Waals surface area contributed by atoms with Crippen molar-refractivity contribution in [2.24, 2.45) is 5.41 Å². The van der Waals surface area contributed by atoms with Gasteiger partial charge in [0.2, 0.25) is 0 Å². The fourth-order valence-electron chi connectivity index (χ4n) is 5.70. The lowest BCUT2D eigenvalue weighted by Gasteiger charge is -2.41. The molecule has 1 aromatic heterocycles. The smallest absolute Gasteiger partial charge is 0.337 e. The number of carboxylic acids is 1. The van der Waals surface area contributed by atoms with Crippen molar-refractivity contribution in [3.8, 4) is 16.9 Å². The maximum Gasteiger partial charge on any atom is 0.337 e.